The molecule has 0 atom stereocenters. The van der Waals surface area contributed by atoms with Crippen LogP contribution in [-0.4, -0.2) is 24.0 Å². The zero-order valence-corrected chi connectivity index (χ0v) is 11.5. The highest BCUT2D eigenvalue weighted by molar-refractivity contribution is 5.95. The molecule has 108 valence electrons. The van der Waals surface area contributed by atoms with E-state index in [9.17, 15) is 9.18 Å². The number of carbonyl (C=O) groups is 1. The maximum atomic E-state index is 14.0. The van der Waals surface area contributed by atoms with Crippen LogP contribution < -0.4 is 9.64 Å². The largest absolute Gasteiger partial charge is 0.489 e. The fourth-order valence-electron chi connectivity index (χ4n) is 2.40. The average Bonchev–Trinajstić information content (AvgIpc) is 2.53. The van der Waals surface area contributed by atoms with Crippen molar-refractivity contribution in [1.29, 1.82) is 0 Å². The van der Waals surface area contributed by atoms with Gasteiger partial charge in [-0.15, -0.1) is 0 Å². The number of hydrogen-bond acceptors (Lipinski definition) is 3. The van der Waals surface area contributed by atoms with E-state index in [1.54, 1.807) is 18.3 Å². The first-order valence-electron chi connectivity index (χ1n) is 6.87. The number of benzene rings is 1. The highest BCUT2D eigenvalue weighted by Gasteiger charge is 2.26. The van der Waals surface area contributed by atoms with Gasteiger partial charge in [0.1, 0.15) is 18.0 Å². The number of anilines is 1. The molecule has 1 aliphatic heterocycles. The van der Waals surface area contributed by atoms with E-state index in [0.717, 1.165) is 5.69 Å². The Morgan fingerprint density at radius 2 is 2.19 bits per heavy atom. The quantitative estimate of drug-likeness (QED) is 0.871. The Hall–Kier alpha value is -2.43. The van der Waals surface area contributed by atoms with Crippen molar-refractivity contribution in [3.8, 4) is 5.75 Å². The maximum Gasteiger partial charge on any atom is 0.227 e. The van der Waals surface area contributed by atoms with Crippen LogP contribution in [0, 0.1) is 5.82 Å². The molecule has 1 aliphatic rings. The van der Waals surface area contributed by atoms with E-state index in [-0.39, 0.29) is 11.6 Å². The van der Waals surface area contributed by atoms with Crippen molar-refractivity contribution < 1.29 is 13.9 Å². The molecule has 2 aromatic rings. The van der Waals surface area contributed by atoms with Gasteiger partial charge in [0.25, 0.3) is 0 Å². The van der Waals surface area contributed by atoms with E-state index in [1.807, 2.05) is 18.2 Å². The smallest absolute Gasteiger partial charge is 0.227 e. The van der Waals surface area contributed by atoms with E-state index in [1.165, 1.54) is 11.0 Å². The van der Waals surface area contributed by atoms with Gasteiger partial charge in [0.05, 0.1) is 6.54 Å². The number of fused-ring (bicyclic) bond motifs is 1. The summed E-state index contributed by atoms with van der Waals surface area (Å²) in [6.07, 6.45) is 2.54. The van der Waals surface area contributed by atoms with Crippen molar-refractivity contribution in [3.05, 3.63) is 54.1 Å². The number of aryl methyl sites for hydroxylation is 1. The predicted octanol–water partition coefficient (Wildman–Crippen LogP) is 2.58. The number of halogens is 1. The van der Waals surface area contributed by atoms with E-state index < -0.39 is 5.82 Å². The standard InChI is InChI=1S/C16H15FN2O2/c17-13-5-3-6-14-16(13)19(10-11-21-14)15(20)8-7-12-4-1-2-9-18-12/h1-6,9H,7-8,10-11H2. The number of rotatable bonds is 3. The van der Waals surface area contributed by atoms with Gasteiger partial charge >= 0.3 is 0 Å². The molecule has 1 aromatic heterocycles. The van der Waals surface area contributed by atoms with Crippen LogP contribution in [0.4, 0.5) is 10.1 Å². The van der Waals surface area contributed by atoms with Gasteiger partial charge in [-0.05, 0) is 30.7 Å². The molecule has 1 amide bonds. The Morgan fingerprint density at radius 3 is 3.00 bits per heavy atom. The molecule has 3 rings (SSSR count). The number of nitrogens with zero attached hydrogens (tertiary/aromatic N) is 2. The molecule has 0 aliphatic carbocycles. The summed E-state index contributed by atoms with van der Waals surface area (Å²) in [6.45, 7) is 0.751. The number of hydrogen-bond donors (Lipinski definition) is 0. The Morgan fingerprint density at radius 1 is 1.29 bits per heavy atom. The molecule has 0 radical (unpaired) electrons. The first-order chi connectivity index (χ1) is 10.3. The summed E-state index contributed by atoms with van der Waals surface area (Å²) < 4.78 is 19.4. The fraction of sp³-hybridized carbons (Fsp3) is 0.250. The molecule has 0 spiro atoms. The van der Waals surface area contributed by atoms with Crippen molar-refractivity contribution in [3.63, 3.8) is 0 Å². The highest BCUT2D eigenvalue weighted by Crippen LogP contribution is 2.34. The third-order valence-electron chi connectivity index (χ3n) is 3.41. The van der Waals surface area contributed by atoms with Crippen LogP contribution in [0.5, 0.6) is 5.75 Å². The lowest BCUT2D eigenvalue weighted by Crippen LogP contribution is -2.38. The molecule has 2 heterocycles. The number of para-hydroxylation sites is 1. The second-order valence-corrected chi connectivity index (χ2v) is 4.80. The van der Waals surface area contributed by atoms with Gasteiger partial charge in [-0.25, -0.2) is 4.39 Å². The molecule has 5 heteroatoms. The van der Waals surface area contributed by atoms with Gasteiger partial charge in [0, 0.05) is 18.3 Å². The number of pyridine rings is 1. The summed E-state index contributed by atoms with van der Waals surface area (Å²) in [5, 5.41) is 0. The first-order valence-corrected chi connectivity index (χ1v) is 6.87. The van der Waals surface area contributed by atoms with Crippen molar-refractivity contribution in [2.45, 2.75) is 12.8 Å². The monoisotopic (exact) mass is 286 g/mol. The van der Waals surface area contributed by atoms with Crippen molar-refractivity contribution in [2.75, 3.05) is 18.1 Å². The Kier molecular flexibility index (Phi) is 3.81. The molecular formula is C16H15FN2O2. The van der Waals surface area contributed by atoms with Crippen molar-refractivity contribution in [1.82, 2.24) is 4.98 Å². The first kappa shape index (κ1) is 13.5. The molecule has 0 saturated carbocycles. The summed E-state index contributed by atoms with van der Waals surface area (Å²) in [4.78, 5) is 18.0. The lowest BCUT2D eigenvalue weighted by Gasteiger charge is -2.29. The van der Waals surface area contributed by atoms with Crippen molar-refractivity contribution in [2.24, 2.45) is 0 Å². The molecular weight excluding hydrogens is 271 g/mol. The van der Waals surface area contributed by atoms with Crippen LogP contribution in [0.3, 0.4) is 0 Å². The highest BCUT2D eigenvalue weighted by atomic mass is 19.1. The summed E-state index contributed by atoms with van der Waals surface area (Å²) in [7, 11) is 0. The molecule has 4 nitrogen and oxygen atoms in total. The van der Waals surface area contributed by atoms with Crippen LogP contribution in [0.15, 0.2) is 42.6 Å². The minimum absolute atomic E-state index is 0.115. The predicted molar refractivity (Wildman–Crippen MR) is 76.8 cm³/mol. The third kappa shape index (κ3) is 2.86. The van der Waals surface area contributed by atoms with Crippen LogP contribution in [0.25, 0.3) is 0 Å². The fourth-order valence-corrected chi connectivity index (χ4v) is 2.40. The summed E-state index contributed by atoms with van der Waals surface area (Å²) in [5.74, 6) is -0.124. The van der Waals surface area contributed by atoms with E-state index >= 15 is 0 Å². The Labute approximate surface area is 122 Å². The van der Waals surface area contributed by atoms with Crippen molar-refractivity contribution >= 4 is 11.6 Å². The van der Waals surface area contributed by atoms with Crippen LogP contribution in [-0.2, 0) is 11.2 Å². The summed E-state index contributed by atoms with van der Waals surface area (Å²) in [5.41, 5.74) is 1.10. The SMILES string of the molecule is O=C(CCc1ccccn1)N1CCOc2cccc(F)c21. The number of aromatic nitrogens is 1. The van der Waals surface area contributed by atoms with Gasteiger partial charge in [0.15, 0.2) is 5.82 Å². The molecule has 0 fully saturated rings. The topological polar surface area (TPSA) is 42.4 Å². The second-order valence-electron chi connectivity index (χ2n) is 4.80. The van der Waals surface area contributed by atoms with Crippen LogP contribution >= 0.6 is 0 Å². The number of carbonyl (C=O) groups excluding carboxylic acids is 1. The maximum absolute atomic E-state index is 14.0. The molecule has 0 N–H and O–H groups in total. The van der Waals surface area contributed by atoms with Gasteiger partial charge in [-0.3, -0.25) is 9.78 Å². The number of amides is 1. The average molecular weight is 286 g/mol. The zero-order chi connectivity index (χ0) is 14.7. The third-order valence-corrected chi connectivity index (χ3v) is 3.41. The zero-order valence-electron chi connectivity index (χ0n) is 11.5. The minimum atomic E-state index is -0.432. The van der Waals surface area contributed by atoms with E-state index in [0.29, 0.717) is 31.7 Å². The minimum Gasteiger partial charge on any atom is -0.489 e. The molecule has 1 aromatic carbocycles. The molecule has 0 bridgehead atoms. The molecule has 0 unspecified atom stereocenters. The lowest BCUT2D eigenvalue weighted by atomic mass is 10.1. The van der Waals surface area contributed by atoms with Gasteiger partial charge in [0.2, 0.25) is 5.91 Å². The summed E-state index contributed by atoms with van der Waals surface area (Å²) in [6, 6.07) is 10.2. The molecule has 21 heavy (non-hydrogen) atoms. The van der Waals surface area contributed by atoms with Gasteiger partial charge < -0.3 is 9.64 Å². The normalized spacial score (nSPS) is 13.5. The Balaban J connectivity index is 1.75. The second kappa shape index (κ2) is 5.91. The van der Waals surface area contributed by atoms with Gasteiger partial charge in [-0.2, -0.15) is 0 Å². The van der Waals surface area contributed by atoms with E-state index in [2.05, 4.69) is 4.98 Å². The van der Waals surface area contributed by atoms with Crippen LogP contribution in [0.1, 0.15) is 12.1 Å². The lowest BCUT2D eigenvalue weighted by molar-refractivity contribution is -0.118. The van der Waals surface area contributed by atoms with Gasteiger partial charge in [-0.1, -0.05) is 12.1 Å². The van der Waals surface area contributed by atoms with Crippen LogP contribution in [0.2, 0.25) is 0 Å². The van der Waals surface area contributed by atoms with E-state index in [4.69, 9.17) is 4.74 Å². The summed E-state index contributed by atoms with van der Waals surface area (Å²) >= 11 is 0. The number of ether oxygens (including phenoxy) is 1. The molecule has 0 saturated heterocycles. The Bertz CT molecular complexity index is 646.